The second kappa shape index (κ2) is 8.21. The van der Waals surface area contributed by atoms with Crippen LogP contribution in [0.5, 0.6) is 0 Å². The van der Waals surface area contributed by atoms with Crippen LogP contribution in [-0.2, 0) is 4.79 Å². The smallest absolute Gasteiger partial charge is 0.238 e. The lowest BCUT2D eigenvalue weighted by atomic mass is 10.0. The van der Waals surface area contributed by atoms with Crippen molar-refractivity contribution in [2.24, 2.45) is 0 Å². The van der Waals surface area contributed by atoms with Crippen LogP contribution < -0.4 is 10.6 Å². The molecule has 0 aliphatic rings. The quantitative estimate of drug-likeness (QED) is 0.661. The van der Waals surface area contributed by atoms with Crippen molar-refractivity contribution >= 4 is 22.9 Å². The predicted octanol–water partition coefficient (Wildman–Crippen LogP) is 4.65. The van der Waals surface area contributed by atoms with Crippen LogP contribution in [0.15, 0.2) is 60.0 Å². The van der Waals surface area contributed by atoms with Gasteiger partial charge in [-0.3, -0.25) is 10.1 Å². The van der Waals surface area contributed by atoms with E-state index in [1.807, 2.05) is 48.7 Å². The van der Waals surface area contributed by atoms with Gasteiger partial charge in [-0.05, 0) is 36.1 Å². The van der Waals surface area contributed by atoms with Gasteiger partial charge in [-0.2, -0.15) is 0 Å². The highest BCUT2D eigenvalue weighted by molar-refractivity contribution is 7.10. The third-order valence-electron chi connectivity index (χ3n) is 3.93. The molecule has 0 unspecified atom stereocenters. The molecule has 26 heavy (non-hydrogen) atoms. The van der Waals surface area contributed by atoms with Gasteiger partial charge < -0.3 is 5.32 Å². The zero-order valence-corrected chi connectivity index (χ0v) is 14.9. The van der Waals surface area contributed by atoms with Crippen molar-refractivity contribution in [2.75, 3.05) is 11.9 Å². The lowest BCUT2D eigenvalue weighted by Crippen LogP contribution is -2.32. The summed E-state index contributed by atoms with van der Waals surface area (Å²) in [5, 5.41) is 7.43. The van der Waals surface area contributed by atoms with Gasteiger partial charge in [-0.1, -0.05) is 42.0 Å². The van der Waals surface area contributed by atoms with Crippen LogP contribution in [0.1, 0.15) is 22.0 Å². The zero-order chi connectivity index (χ0) is 18.5. The van der Waals surface area contributed by atoms with Crippen LogP contribution in [0, 0.1) is 18.6 Å². The third kappa shape index (κ3) is 4.33. The van der Waals surface area contributed by atoms with Gasteiger partial charge >= 0.3 is 0 Å². The largest absolute Gasteiger partial charge is 0.320 e. The minimum atomic E-state index is -0.799. The molecular weight excluding hydrogens is 354 g/mol. The first kappa shape index (κ1) is 18.2. The second-order valence-corrected chi connectivity index (χ2v) is 6.86. The molecule has 2 aromatic carbocycles. The second-order valence-electron chi connectivity index (χ2n) is 5.88. The van der Waals surface area contributed by atoms with Crippen LogP contribution in [-0.4, -0.2) is 12.5 Å². The van der Waals surface area contributed by atoms with E-state index in [0.717, 1.165) is 28.1 Å². The minimum Gasteiger partial charge on any atom is -0.320 e. The van der Waals surface area contributed by atoms with E-state index in [4.69, 9.17) is 0 Å². The summed E-state index contributed by atoms with van der Waals surface area (Å²) in [5.41, 5.74) is 1.73. The maximum absolute atomic E-state index is 13.7. The maximum atomic E-state index is 13.7. The molecule has 0 spiro atoms. The molecule has 0 aliphatic heterocycles. The van der Waals surface area contributed by atoms with Gasteiger partial charge in [0, 0.05) is 4.88 Å². The van der Waals surface area contributed by atoms with E-state index in [-0.39, 0.29) is 12.6 Å². The van der Waals surface area contributed by atoms with Crippen LogP contribution in [0.2, 0.25) is 0 Å². The molecule has 2 N–H and O–H groups in total. The lowest BCUT2D eigenvalue weighted by Gasteiger charge is -2.18. The predicted molar refractivity (Wildman–Crippen MR) is 100 cm³/mol. The normalized spacial score (nSPS) is 12.0. The van der Waals surface area contributed by atoms with Crippen LogP contribution in [0.3, 0.4) is 0 Å². The number of thiophene rings is 1. The first-order valence-electron chi connectivity index (χ1n) is 8.12. The molecule has 3 rings (SSSR count). The number of hydrogen-bond donors (Lipinski definition) is 2. The molecule has 0 saturated carbocycles. The van der Waals surface area contributed by atoms with Gasteiger partial charge in [0.1, 0.15) is 17.3 Å². The fourth-order valence-electron chi connectivity index (χ4n) is 2.59. The molecule has 1 aromatic heterocycles. The molecular formula is C20H18F2N2OS. The summed E-state index contributed by atoms with van der Waals surface area (Å²) in [6, 6.07) is 15.2. The first-order chi connectivity index (χ1) is 12.5. The number of carbonyl (C=O) groups excluding carboxylic acids is 1. The average molecular weight is 372 g/mol. The summed E-state index contributed by atoms with van der Waals surface area (Å²) in [7, 11) is 0. The van der Waals surface area contributed by atoms with Crippen molar-refractivity contribution in [1.29, 1.82) is 0 Å². The van der Waals surface area contributed by atoms with Crippen molar-refractivity contribution in [3.05, 3.63) is 87.6 Å². The molecule has 1 amide bonds. The molecule has 1 atom stereocenters. The highest BCUT2D eigenvalue weighted by Gasteiger charge is 2.17. The SMILES string of the molecule is Cc1ccc([C@@H](NCC(=O)Nc2c(F)cccc2F)c2cccs2)cc1. The Morgan fingerprint density at radius 1 is 1.04 bits per heavy atom. The zero-order valence-electron chi connectivity index (χ0n) is 14.1. The van der Waals surface area contributed by atoms with E-state index in [2.05, 4.69) is 10.6 Å². The van der Waals surface area contributed by atoms with Crippen LogP contribution in [0.4, 0.5) is 14.5 Å². The van der Waals surface area contributed by atoms with E-state index < -0.39 is 23.2 Å². The fourth-order valence-corrected chi connectivity index (χ4v) is 3.42. The number of carbonyl (C=O) groups is 1. The number of hydrogen-bond acceptors (Lipinski definition) is 3. The Labute approximate surface area is 154 Å². The molecule has 0 saturated heterocycles. The summed E-state index contributed by atoms with van der Waals surface area (Å²) >= 11 is 1.58. The molecule has 1 heterocycles. The Hall–Kier alpha value is -2.57. The Morgan fingerprint density at radius 3 is 2.35 bits per heavy atom. The Morgan fingerprint density at radius 2 is 1.73 bits per heavy atom. The van der Waals surface area contributed by atoms with Gasteiger partial charge in [0.15, 0.2) is 0 Å². The van der Waals surface area contributed by atoms with E-state index in [9.17, 15) is 13.6 Å². The van der Waals surface area contributed by atoms with Gasteiger partial charge in [-0.15, -0.1) is 11.3 Å². The monoisotopic (exact) mass is 372 g/mol. The molecule has 3 nitrogen and oxygen atoms in total. The van der Waals surface area contributed by atoms with E-state index in [0.29, 0.717) is 0 Å². The van der Waals surface area contributed by atoms with Gasteiger partial charge in [0.25, 0.3) is 0 Å². The summed E-state index contributed by atoms with van der Waals surface area (Å²) < 4.78 is 27.3. The van der Waals surface area contributed by atoms with E-state index in [1.54, 1.807) is 11.3 Å². The number of rotatable bonds is 6. The Balaban J connectivity index is 1.72. The molecule has 0 bridgehead atoms. The molecule has 0 aliphatic carbocycles. The van der Waals surface area contributed by atoms with Crippen molar-refractivity contribution in [1.82, 2.24) is 5.32 Å². The number of anilines is 1. The lowest BCUT2D eigenvalue weighted by molar-refractivity contribution is -0.115. The van der Waals surface area contributed by atoms with Crippen molar-refractivity contribution in [2.45, 2.75) is 13.0 Å². The molecule has 0 radical (unpaired) electrons. The topological polar surface area (TPSA) is 41.1 Å². The summed E-state index contributed by atoms with van der Waals surface area (Å²) in [5.74, 6) is -2.11. The fraction of sp³-hybridized carbons (Fsp3) is 0.150. The molecule has 0 fully saturated rings. The molecule has 6 heteroatoms. The average Bonchev–Trinajstić information content (AvgIpc) is 3.14. The van der Waals surface area contributed by atoms with Crippen molar-refractivity contribution in [3.63, 3.8) is 0 Å². The van der Waals surface area contributed by atoms with E-state index >= 15 is 0 Å². The number of benzene rings is 2. The van der Waals surface area contributed by atoms with E-state index in [1.165, 1.54) is 6.07 Å². The Kier molecular flexibility index (Phi) is 5.75. The highest BCUT2D eigenvalue weighted by atomic mass is 32.1. The minimum absolute atomic E-state index is 0.0791. The van der Waals surface area contributed by atoms with Crippen LogP contribution in [0.25, 0.3) is 0 Å². The van der Waals surface area contributed by atoms with Gasteiger partial charge in [0.2, 0.25) is 5.91 Å². The molecule has 3 aromatic rings. The Bertz CT molecular complexity index is 859. The number of amides is 1. The summed E-state index contributed by atoms with van der Waals surface area (Å²) in [6.45, 7) is 1.93. The van der Waals surface area contributed by atoms with Gasteiger partial charge in [0.05, 0.1) is 12.6 Å². The van der Waals surface area contributed by atoms with Crippen molar-refractivity contribution in [3.8, 4) is 0 Å². The maximum Gasteiger partial charge on any atom is 0.238 e. The molecule has 134 valence electrons. The van der Waals surface area contributed by atoms with Gasteiger partial charge in [-0.25, -0.2) is 8.78 Å². The first-order valence-corrected chi connectivity index (χ1v) is 9.00. The number of aryl methyl sites for hydroxylation is 1. The highest BCUT2D eigenvalue weighted by Crippen LogP contribution is 2.26. The summed E-state index contributed by atoms with van der Waals surface area (Å²) in [6.07, 6.45) is 0. The van der Waals surface area contributed by atoms with Crippen molar-refractivity contribution < 1.29 is 13.6 Å². The number of para-hydroxylation sites is 1. The van der Waals surface area contributed by atoms with Crippen LogP contribution >= 0.6 is 11.3 Å². The number of nitrogens with one attached hydrogen (secondary N) is 2. The summed E-state index contributed by atoms with van der Waals surface area (Å²) in [4.78, 5) is 13.2. The number of halogens is 2. The standard InChI is InChI=1S/C20H18F2N2OS/c1-13-7-9-14(10-8-13)19(17-6-3-11-26-17)23-12-18(25)24-20-15(21)4-2-5-16(20)22/h2-11,19,23H,12H2,1H3,(H,24,25)/t19-/m1/s1. The third-order valence-corrected chi connectivity index (χ3v) is 4.87.